The summed E-state index contributed by atoms with van der Waals surface area (Å²) in [5, 5.41) is 23.6. The van der Waals surface area contributed by atoms with Crippen LogP contribution in [0.5, 0.6) is 5.75 Å². The van der Waals surface area contributed by atoms with Crippen molar-refractivity contribution in [3.05, 3.63) is 42.7 Å². The molecule has 1 aliphatic rings. The highest BCUT2D eigenvalue weighted by atomic mass is 31.2. The van der Waals surface area contributed by atoms with Crippen LogP contribution in [0, 0.1) is 6.08 Å². The number of aromatic nitrogens is 4. The van der Waals surface area contributed by atoms with E-state index in [1.165, 1.54) is 37.1 Å². The van der Waals surface area contributed by atoms with Crippen LogP contribution >= 0.6 is 7.75 Å². The fraction of sp³-hybridized carbons (Fsp3) is 0.400. The predicted octanol–water partition coefficient (Wildman–Crippen LogP) is 0.522. The minimum atomic E-state index is -4.22. The number of rotatable bonds is 9. The van der Waals surface area contributed by atoms with Crippen molar-refractivity contribution in [3.63, 3.8) is 0 Å². The summed E-state index contributed by atoms with van der Waals surface area (Å²) in [4.78, 5) is 22.9. The summed E-state index contributed by atoms with van der Waals surface area (Å²) >= 11 is 0. The lowest BCUT2D eigenvalue weighted by atomic mass is 10.1. The van der Waals surface area contributed by atoms with E-state index in [0.717, 1.165) is 0 Å². The summed E-state index contributed by atoms with van der Waals surface area (Å²) in [5.41, 5.74) is 5.67. The molecule has 6 atom stereocenters. The number of carbonyl (C=O) groups is 1. The maximum absolute atomic E-state index is 13.7. The van der Waals surface area contributed by atoms with Gasteiger partial charge in [0.2, 0.25) is 0 Å². The van der Waals surface area contributed by atoms with E-state index in [1.807, 2.05) is 0 Å². The zero-order chi connectivity index (χ0) is 26.0. The van der Waals surface area contributed by atoms with Gasteiger partial charge in [-0.05, 0) is 19.1 Å². The maximum atomic E-state index is 13.7. The fourth-order valence-electron chi connectivity index (χ4n) is 3.54. The number of carbonyl (C=O) groups excluding carboxylic acids is 1. The van der Waals surface area contributed by atoms with Crippen molar-refractivity contribution in [2.75, 3.05) is 19.5 Å². The average molecular weight is 526 g/mol. The Morgan fingerprint density at radius 3 is 2.72 bits per heavy atom. The number of imidazole rings is 1. The molecule has 5 unspecified atom stereocenters. The van der Waals surface area contributed by atoms with Crippen molar-refractivity contribution >= 4 is 30.7 Å². The van der Waals surface area contributed by atoms with E-state index in [2.05, 4.69) is 24.8 Å². The number of hydrogen-bond acceptors (Lipinski definition) is 12. The molecule has 36 heavy (non-hydrogen) atoms. The molecule has 14 nitrogen and oxygen atoms in total. The lowest BCUT2D eigenvalue weighted by Crippen LogP contribution is -2.37. The minimum absolute atomic E-state index is 0.0653. The van der Waals surface area contributed by atoms with Crippen LogP contribution in [0.15, 0.2) is 36.7 Å². The third-order valence-corrected chi connectivity index (χ3v) is 6.96. The zero-order valence-electron chi connectivity index (χ0n) is 19.1. The smallest absolute Gasteiger partial charge is 0.459 e. The van der Waals surface area contributed by atoms with E-state index in [9.17, 15) is 24.0 Å². The average Bonchev–Trinajstić information content (AvgIpc) is 3.38. The third-order valence-electron chi connectivity index (χ3n) is 5.32. The Morgan fingerprint density at radius 1 is 1.31 bits per heavy atom. The highest BCUT2D eigenvalue weighted by Gasteiger charge is 2.46. The molecule has 4 rings (SSSR count). The van der Waals surface area contributed by atoms with E-state index in [0.29, 0.717) is 0 Å². The monoisotopic (exact) mass is 526 g/mol. The molecule has 2 aromatic heterocycles. The molecule has 3 aromatic rings. The molecule has 0 saturated carbocycles. The summed E-state index contributed by atoms with van der Waals surface area (Å²) in [6, 6.07) is 6.98. The van der Waals surface area contributed by atoms with Crippen LogP contribution in [-0.2, 0) is 23.4 Å². The van der Waals surface area contributed by atoms with E-state index in [-0.39, 0.29) is 22.7 Å². The first kappa shape index (κ1) is 25.9. The molecule has 5 N–H and O–H groups in total. The molecule has 16 heteroatoms. The number of nitrogens with two attached hydrogens (primary N) is 1. The molecule has 1 aromatic carbocycles. The van der Waals surface area contributed by atoms with Crippen LogP contribution in [0.2, 0.25) is 0 Å². The fourth-order valence-corrected chi connectivity index (χ4v) is 5.04. The van der Waals surface area contributed by atoms with Gasteiger partial charge >= 0.3 is 19.8 Å². The number of nitrogen functional groups attached to an aromatic ring is 1. The van der Waals surface area contributed by atoms with Gasteiger partial charge in [-0.3, -0.25) is 13.9 Å². The first-order valence-corrected chi connectivity index (χ1v) is 12.2. The number of aliphatic hydroxyl groups excluding tert-OH is 2. The van der Waals surface area contributed by atoms with Gasteiger partial charge in [0.15, 0.2) is 23.2 Å². The Morgan fingerprint density at radius 2 is 2.03 bits per heavy atom. The Bertz CT molecular complexity index is 1280. The predicted molar refractivity (Wildman–Crippen MR) is 121 cm³/mol. The number of esters is 1. The number of methoxy groups -OCH3 is 1. The van der Waals surface area contributed by atoms with E-state index in [1.54, 1.807) is 18.2 Å². The van der Waals surface area contributed by atoms with Crippen molar-refractivity contribution in [2.45, 2.75) is 37.5 Å². The number of benzene rings is 1. The molecule has 194 valence electrons. The molecular weight excluding hydrogens is 502 g/mol. The molecule has 0 bridgehead atoms. The number of nitrogens with zero attached hydrogens (tertiary/aromatic N) is 4. The number of nitrogens with one attached hydrogen (secondary N) is 1. The summed E-state index contributed by atoms with van der Waals surface area (Å²) in [5.74, 6) is -0.752. The van der Waals surface area contributed by atoms with Crippen molar-refractivity contribution in [3.8, 4) is 5.75 Å². The lowest BCUT2D eigenvalue weighted by Gasteiger charge is -2.24. The van der Waals surface area contributed by atoms with Gasteiger partial charge in [0.05, 0.1) is 20.0 Å². The molecular formula is C20H24FN6O8P. The zero-order valence-corrected chi connectivity index (χ0v) is 20.0. The van der Waals surface area contributed by atoms with Crippen molar-refractivity contribution in [1.82, 2.24) is 24.6 Å². The topological polar surface area (TPSA) is 193 Å². The normalized spacial score (nSPS) is 24.4. The van der Waals surface area contributed by atoms with Gasteiger partial charge in [0.1, 0.15) is 30.1 Å². The Balaban J connectivity index is 1.52. The van der Waals surface area contributed by atoms with E-state index in [4.69, 9.17) is 19.5 Å². The van der Waals surface area contributed by atoms with Crippen molar-refractivity contribution in [2.24, 2.45) is 0 Å². The molecule has 1 fully saturated rings. The van der Waals surface area contributed by atoms with Gasteiger partial charge in [-0.2, -0.15) is 19.4 Å². The second-order valence-corrected chi connectivity index (χ2v) is 9.51. The third kappa shape index (κ3) is 5.31. The molecule has 0 spiro atoms. The highest BCUT2D eigenvalue weighted by molar-refractivity contribution is 7.52. The number of fused-ring (bicyclic) bond motifs is 1. The van der Waals surface area contributed by atoms with Crippen molar-refractivity contribution < 1.29 is 42.5 Å². The van der Waals surface area contributed by atoms with Gasteiger partial charge in [-0.1, -0.05) is 18.2 Å². The van der Waals surface area contributed by atoms with Crippen molar-refractivity contribution in [1.29, 1.82) is 0 Å². The SMILES string of the molecule is COC(=O)[C@H](C)NP(=O)(OCC1OC(n2cnc3c(N)nc(F)nc32)C(O)C1O)Oc1ccccc1. The summed E-state index contributed by atoms with van der Waals surface area (Å²) < 4.78 is 49.7. The van der Waals surface area contributed by atoms with Crippen LogP contribution < -0.4 is 15.3 Å². The summed E-state index contributed by atoms with van der Waals surface area (Å²) in [7, 11) is -3.06. The largest absolute Gasteiger partial charge is 0.468 e. The van der Waals surface area contributed by atoms with Gasteiger partial charge < -0.3 is 29.9 Å². The quantitative estimate of drug-likeness (QED) is 0.171. The van der Waals surface area contributed by atoms with Crippen LogP contribution in [0.4, 0.5) is 10.2 Å². The number of para-hydroxylation sites is 1. The molecule has 1 aliphatic heterocycles. The van der Waals surface area contributed by atoms with Gasteiger partial charge in [-0.25, -0.2) is 9.55 Å². The second kappa shape index (κ2) is 10.4. The lowest BCUT2D eigenvalue weighted by molar-refractivity contribution is -0.142. The number of ether oxygens (including phenoxy) is 2. The minimum Gasteiger partial charge on any atom is -0.468 e. The standard InChI is InChI=1S/C20H24FN6O8P/c1-10(19(30)32-2)26-36(31,35-11-6-4-3-5-7-11)33-8-12-14(28)15(29)18(34-12)27-9-23-13-16(22)24-20(21)25-17(13)27/h3-7,9-10,12,14-15,18,28-29H,8H2,1-2H3,(H,26,31)(H2,22,24,25)/t10-,12?,14?,15?,18?,36?/m0/s1. The van der Waals surface area contributed by atoms with Crippen LogP contribution in [0.1, 0.15) is 13.2 Å². The number of anilines is 1. The van der Waals surface area contributed by atoms with E-state index < -0.39 is 57.0 Å². The van der Waals surface area contributed by atoms with Crippen LogP contribution in [0.25, 0.3) is 11.2 Å². The van der Waals surface area contributed by atoms with Gasteiger partial charge in [-0.15, -0.1) is 0 Å². The highest BCUT2D eigenvalue weighted by Crippen LogP contribution is 2.46. The van der Waals surface area contributed by atoms with E-state index >= 15 is 0 Å². The molecule has 3 heterocycles. The molecule has 0 radical (unpaired) electrons. The number of halogens is 1. The first-order valence-electron chi connectivity index (χ1n) is 10.6. The summed E-state index contributed by atoms with van der Waals surface area (Å²) in [6.45, 7) is 0.867. The molecule has 0 amide bonds. The van der Waals surface area contributed by atoms with Gasteiger partial charge in [0, 0.05) is 0 Å². The second-order valence-electron chi connectivity index (χ2n) is 7.82. The molecule has 0 aliphatic carbocycles. The number of hydrogen-bond donors (Lipinski definition) is 4. The van der Waals surface area contributed by atoms with Crippen LogP contribution in [0.3, 0.4) is 0 Å². The first-order chi connectivity index (χ1) is 17.1. The number of aliphatic hydroxyl groups is 2. The van der Waals surface area contributed by atoms with Gasteiger partial charge in [0.25, 0.3) is 0 Å². The summed E-state index contributed by atoms with van der Waals surface area (Å²) in [6.07, 6.45) is -5.42. The molecule has 1 saturated heterocycles. The Labute approximate surface area is 203 Å². The Hall–Kier alpha value is -3.20. The Kier molecular flexibility index (Phi) is 7.49. The van der Waals surface area contributed by atoms with Crippen LogP contribution in [-0.4, -0.2) is 73.8 Å². The maximum Gasteiger partial charge on any atom is 0.459 e.